The van der Waals surface area contributed by atoms with Crippen LogP contribution in [0.4, 0.5) is 0 Å². The molecule has 0 aliphatic heterocycles. The van der Waals surface area contributed by atoms with E-state index in [4.69, 9.17) is 4.74 Å². The van der Waals surface area contributed by atoms with Crippen molar-refractivity contribution in [1.82, 2.24) is 5.32 Å². The van der Waals surface area contributed by atoms with E-state index >= 15 is 0 Å². The van der Waals surface area contributed by atoms with Crippen molar-refractivity contribution in [1.29, 1.82) is 0 Å². The SMILES string of the molecule is CCCCCCCCCCCCCCC/C=C/C(O)C(CO)NC(=O)CCCCCCCCCCCCCCCCCCCCCCOC(=O)CCCCCCCCCCCCCCCCCC. The topological polar surface area (TPSA) is 95.9 Å². The first kappa shape index (κ1) is 66.6. The third-order valence-corrected chi connectivity index (χ3v) is 14.6. The van der Waals surface area contributed by atoms with Crippen molar-refractivity contribution in [3.05, 3.63) is 12.2 Å². The molecule has 0 radical (unpaired) electrons. The van der Waals surface area contributed by atoms with Crippen LogP contribution in [0.2, 0.25) is 0 Å². The highest BCUT2D eigenvalue weighted by Gasteiger charge is 2.18. The molecule has 3 N–H and O–H groups in total. The van der Waals surface area contributed by atoms with Crippen molar-refractivity contribution in [2.45, 2.75) is 360 Å². The Hall–Kier alpha value is -1.40. The van der Waals surface area contributed by atoms with Gasteiger partial charge in [-0.1, -0.05) is 315 Å². The molecule has 68 heavy (non-hydrogen) atoms. The number of ether oxygens (including phenoxy) is 1. The number of carbonyl (C=O) groups is 2. The van der Waals surface area contributed by atoms with E-state index in [0.29, 0.717) is 19.4 Å². The molecular weight excluding hydrogens is 839 g/mol. The summed E-state index contributed by atoms with van der Waals surface area (Å²) < 4.78 is 5.49. The van der Waals surface area contributed by atoms with Gasteiger partial charge < -0.3 is 20.3 Å². The van der Waals surface area contributed by atoms with Gasteiger partial charge in [-0.15, -0.1) is 0 Å². The van der Waals surface area contributed by atoms with Gasteiger partial charge in [-0.2, -0.15) is 0 Å². The molecule has 2 unspecified atom stereocenters. The van der Waals surface area contributed by atoms with E-state index in [1.807, 2.05) is 6.08 Å². The van der Waals surface area contributed by atoms with Crippen molar-refractivity contribution < 1.29 is 24.5 Å². The predicted molar refractivity (Wildman–Crippen MR) is 297 cm³/mol. The summed E-state index contributed by atoms with van der Waals surface area (Å²) in [6, 6.07) is -0.628. The van der Waals surface area contributed by atoms with Crippen molar-refractivity contribution in [3.8, 4) is 0 Å². The molecular formula is C62H121NO5. The maximum absolute atomic E-state index is 12.5. The summed E-state index contributed by atoms with van der Waals surface area (Å²) in [6.45, 7) is 4.93. The number of unbranched alkanes of at least 4 members (excludes halogenated alkanes) is 47. The van der Waals surface area contributed by atoms with Gasteiger partial charge in [-0.3, -0.25) is 9.59 Å². The number of aliphatic hydroxyl groups is 2. The molecule has 0 rings (SSSR count). The maximum Gasteiger partial charge on any atom is 0.305 e. The summed E-state index contributed by atoms with van der Waals surface area (Å²) in [6.07, 6.45) is 69.6. The lowest BCUT2D eigenvalue weighted by Gasteiger charge is -2.20. The zero-order valence-corrected chi connectivity index (χ0v) is 46.1. The number of aliphatic hydroxyl groups excluding tert-OH is 2. The zero-order valence-electron chi connectivity index (χ0n) is 46.1. The van der Waals surface area contributed by atoms with Gasteiger partial charge in [0.05, 0.1) is 25.4 Å². The van der Waals surface area contributed by atoms with E-state index < -0.39 is 12.1 Å². The van der Waals surface area contributed by atoms with E-state index in [1.165, 1.54) is 283 Å². The van der Waals surface area contributed by atoms with Gasteiger partial charge in [0.1, 0.15) is 0 Å². The van der Waals surface area contributed by atoms with Gasteiger partial charge >= 0.3 is 5.97 Å². The molecule has 0 aromatic rings. The van der Waals surface area contributed by atoms with Gasteiger partial charge in [0.15, 0.2) is 0 Å². The molecule has 0 aromatic heterocycles. The fourth-order valence-corrected chi connectivity index (χ4v) is 9.81. The van der Waals surface area contributed by atoms with Gasteiger partial charge in [0.2, 0.25) is 5.91 Å². The molecule has 1 amide bonds. The number of rotatable bonds is 58. The summed E-state index contributed by atoms with van der Waals surface area (Å²) >= 11 is 0. The highest BCUT2D eigenvalue weighted by Crippen LogP contribution is 2.18. The number of esters is 1. The van der Waals surface area contributed by atoms with Gasteiger partial charge in [-0.05, 0) is 32.1 Å². The average molecular weight is 961 g/mol. The minimum atomic E-state index is -0.844. The highest BCUT2D eigenvalue weighted by molar-refractivity contribution is 5.76. The summed E-state index contributed by atoms with van der Waals surface area (Å²) in [7, 11) is 0. The third kappa shape index (κ3) is 53.9. The Morgan fingerprint density at radius 2 is 0.676 bits per heavy atom. The van der Waals surface area contributed by atoms with E-state index in [0.717, 1.165) is 38.5 Å². The molecule has 0 saturated heterocycles. The molecule has 404 valence electrons. The second kappa shape index (κ2) is 58.2. The number of hydrogen-bond donors (Lipinski definition) is 3. The van der Waals surface area contributed by atoms with E-state index in [1.54, 1.807) is 6.08 Å². The maximum atomic E-state index is 12.5. The Morgan fingerprint density at radius 3 is 1.00 bits per heavy atom. The third-order valence-electron chi connectivity index (χ3n) is 14.6. The smallest absolute Gasteiger partial charge is 0.305 e. The monoisotopic (exact) mass is 960 g/mol. The molecule has 2 atom stereocenters. The molecule has 0 spiro atoms. The van der Waals surface area contributed by atoms with Crippen LogP contribution in [0.15, 0.2) is 12.2 Å². The Balaban J connectivity index is 3.39. The summed E-state index contributed by atoms with van der Waals surface area (Å²) in [5.41, 5.74) is 0. The van der Waals surface area contributed by atoms with E-state index in [9.17, 15) is 19.8 Å². The quantitative estimate of drug-likeness (QED) is 0.0321. The highest BCUT2D eigenvalue weighted by atomic mass is 16.5. The molecule has 0 bridgehead atoms. The van der Waals surface area contributed by atoms with Crippen LogP contribution < -0.4 is 5.32 Å². The van der Waals surface area contributed by atoms with Crippen molar-refractivity contribution in [2.75, 3.05) is 13.2 Å². The van der Waals surface area contributed by atoms with Crippen LogP contribution in [0.1, 0.15) is 348 Å². The van der Waals surface area contributed by atoms with Crippen LogP contribution in [0.3, 0.4) is 0 Å². The number of carbonyl (C=O) groups excluding carboxylic acids is 2. The molecule has 0 fully saturated rings. The van der Waals surface area contributed by atoms with Gasteiger partial charge in [-0.25, -0.2) is 0 Å². The standard InChI is InChI=1S/C62H121NO5/c1-3-5-7-9-11-13-15-17-19-28-32-36-40-44-48-52-56-62(67)68-57-53-49-45-41-37-33-29-25-23-21-20-22-24-27-31-35-39-43-47-51-55-61(66)63-59(58-64)60(65)54-50-46-42-38-34-30-26-18-16-14-12-10-8-6-4-2/h50,54,59-60,64-65H,3-49,51-53,55-58H2,1-2H3,(H,63,66)/b54-50+. The fraction of sp³-hybridized carbons (Fsp3) is 0.935. The minimum absolute atomic E-state index is 0.0140. The minimum Gasteiger partial charge on any atom is -0.466 e. The number of nitrogens with one attached hydrogen (secondary N) is 1. The summed E-state index contributed by atoms with van der Waals surface area (Å²) in [5, 5.41) is 23.1. The van der Waals surface area contributed by atoms with Crippen molar-refractivity contribution in [2.24, 2.45) is 0 Å². The van der Waals surface area contributed by atoms with Crippen LogP contribution >= 0.6 is 0 Å². The van der Waals surface area contributed by atoms with Crippen molar-refractivity contribution >= 4 is 11.9 Å². The van der Waals surface area contributed by atoms with Crippen LogP contribution in [0.5, 0.6) is 0 Å². The van der Waals surface area contributed by atoms with E-state index in [2.05, 4.69) is 19.2 Å². The van der Waals surface area contributed by atoms with Crippen molar-refractivity contribution in [3.63, 3.8) is 0 Å². The van der Waals surface area contributed by atoms with Gasteiger partial charge in [0, 0.05) is 12.8 Å². The molecule has 0 aliphatic carbocycles. The van der Waals surface area contributed by atoms with Crippen LogP contribution in [-0.2, 0) is 14.3 Å². The average Bonchev–Trinajstić information content (AvgIpc) is 3.34. The van der Waals surface area contributed by atoms with Crippen LogP contribution in [0, 0.1) is 0 Å². The van der Waals surface area contributed by atoms with E-state index in [-0.39, 0.29) is 18.5 Å². The predicted octanol–water partition coefficient (Wildman–Crippen LogP) is 19.2. The van der Waals surface area contributed by atoms with Gasteiger partial charge in [0.25, 0.3) is 0 Å². The number of amides is 1. The lowest BCUT2D eigenvalue weighted by Crippen LogP contribution is -2.45. The first-order valence-electron chi connectivity index (χ1n) is 31.0. The Labute approximate surface area is 425 Å². The number of allylic oxidation sites excluding steroid dienone is 1. The second-order valence-corrected chi connectivity index (χ2v) is 21.4. The second-order valence-electron chi connectivity index (χ2n) is 21.4. The molecule has 6 nitrogen and oxygen atoms in total. The Kier molecular flexibility index (Phi) is 57.0. The molecule has 0 heterocycles. The first-order chi connectivity index (χ1) is 33.5. The number of hydrogen-bond acceptors (Lipinski definition) is 5. The zero-order chi connectivity index (χ0) is 49.3. The fourth-order valence-electron chi connectivity index (χ4n) is 9.81. The Bertz CT molecular complexity index is 1020. The normalized spacial score (nSPS) is 12.6. The lowest BCUT2D eigenvalue weighted by atomic mass is 10.0. The lowest BCUT2D eigenvalue weighted by molar-refractivity contribution is -0.143. The van der Waals surface area contributed by atoms with Crippen LogP contribution in [-0.4, -0.2) is 47.4 Å². The Morgan fingerprint density at radius 1 is 0.397 bits per heavy atom. The molecule has 0 saturated carbocycles. The molecule has 6 heteroatoms. The molecule has 0 aromatic carbocycles. The first-order valence-corrected chi connectivity index (χ1v) is 31.0. The summed E-state index contributed by atoms with van der Waals surface area (Å²) in [4.78, 5) is 24.5. The van der Waals surface area contributed by atoms with Crippen LogP contribution in [0.25, 0.3) is 0 Å². The largest absolute Gasteiger partial charge is 0.466 e. The summed E-state index contributed by atoms with van der Waals surface area (Å²) in [5.74, 6) is -0.0535. The molecule has 0 aliphatic rings.